The molecular formula is C11H8Cl3FO2. The lowest BCUT2D eigenvalue weighted by Gasteiger charge is -2.11. The summed E-state index contributed by atoms with van der Waals surface area (Å²) in [7, 11) is 0. The molecular weight excluding hydrogens is 289 g/mol. The van der Waals surface area contributed by atoms with Crippen LogP contribution in [0.15, 0.2) is 5.83 Å². The van der Waals surface area contributed by atoms with Gasteiger partial charge in [-0.25, -0.2) is 4.79 Å². The van der Waals surface area contributed by atoms with E-state index in [-0.39, 0.29) is 15.6 Å². The van der Waals surface area contributed by atoms with Gasteiger partial charge in [0.15, 0.2) is 0 Å². The molecule has 0 bridgehead atoms. The quantitative estimate of drug-likeness (QED) is 0.806. The van der Waals surface area contributed by atoms with E-state index in [1.807, 2.05) is 0 Å². The smallest absolute Gasteiger partial charge is 0.364 e. The zero-order valence-electron chi connectivity index (χ0n) is 8.94. The predicted molar refractivity (Wildman–Crippen MR) is 67.7 cm³/mol. The molecule has 0 aliphatic rings. The zero-order chi connectivity index (χ0) is 13.3. The van der Waals surface area contributed by atoms with Gasteiger partial charge in [-0.2, -0.15) is 4.39 Å². The van der Waals surface area contributed by atoms with Crippen LogP contribution in [-0.4, -0.2) is 11.1 Å². The van der Waals surface area contributed by atoms with Crippen LogP contribution in [0.1, 0.15) is 16.7 Å². The van der Waals surface area contributed by atoms with Crippen LogP contribution in [0.3, 0.4) is 0 Å². The van der Waals surface area contributed by atoms with Gasteiger partial charge < -0.3 is 5.11 Å². The number of carbonyl (C=O) groups is 1. The first-order valence-corrected chi connectivity index (χ1v) is 5.64. The Kier molecular flexibility index (Phi) is 4.42. The topological polar surface area (TPSA) is 37.3 Å². The minimum absolute atomic E-state index is 0.118. The van der Waals surface area contributed by atoms with Crippen LogP contribution in [0.25, 0.3) is 6.08 Å². The van der Waals surface area contributed by atoms with Crippen molar-refractivity contribution in [3.05, 3.63) is 37.6 Å². The van der Waals surface area contributed by atoms with Gasteiger partial charge in [0.1, 0.15) is 0 Å². The summed E-state index contributed by atoms with van der Waals surface area (Å²) < 4.78 is 13.0. The van der Waals surface area contributed by atoms with E-state index in [0.29, 0.717) is 16.1 Å². The molecule has 0 aliphatic carbocycles. The summed E-state index contributed by atoms with van der Waals surface area (Å²) >= 11 is 17.9. The highest BCUT2D eigenvalue weighted by Crippen LogP contribution is 2.38. The largest absolute Gasteiger partial charge is 0.476 e. The summed E-state index contributed by atoms with van der Waals surface area (Å²) in [6.07, 6.45) is 0.781. The van der Waals surface area contributed by atoms with E-state index in [1.54, 1.807) is 13.8 Å². The SMILES string of the molecule is Cc1c(Cl)c(C)c(Cl)c(C=C(F)C(=O)O)c1Cl. The van der Waals surface area contributed by atoms with Crippen molar-refractivity contribution < 1.29 is 14.3 Å². The Bertz CT molecular complexity index is 495. The van der Waals surface area contributed by atoms with Crippen molar-refractivity contribution in [3.63, 3.8) is 0 Å². The van der Waals surface area contributed by atoms with E-state index in [2.05, 4.69) is 0 Å². The van der Waals surface area contributed by atoms with Crippen molar-refractivity contribution in [2.24, 2.45) is 0 Å². The Morgan fingerprint density at radius 3 is 1.88 bits per heavy atom. The normalized spacial score (nSPS) is 11.8. The average molecular weight is 298 g/mol. The van der Waals surface area contributed by atoms with Gasteiger partial charge in [-0.15, -0.1) is 0 Å². The average Bonchev–Trinajstić information content (AvgIpc) is 2.29. The third-order valence-electron chi connectivity index (χ3n) is 2.27. The Hall–Kier alpha value is -0.770. The maximum absolute atomic E-state index is 13.0. The van der Waals surface area contributed by atoms with Gasteiger partial charge in [0, 0.05) is 10.6 Å². The number of rotatable bonds is 2. The number of hydrogen-bond acceptors (Lipinski definition) is 1. The van der Waals surface area contributed by atoms with Crippen LogP contribution in [0.5, 0.6) is 0 Å². The summed E-state index contributed by atoms with van der Waals surface area (Å²) in [6, 6.07) is 0. The first-order valence-electron chi connectivity index (χ1n) is 4.51. The molecule has 2 nitrogen and oxygen atoms in total. The van der Waals surface area contributed by atoms with Crippen molar-refractivity contribution in [1.29, 1.82) is 0 Å². The fraction of sp³-hybridized carbons (Fsp3) is 0.182. The third-order valence-corrected chi connectivity index (χ3v) is 3.81. The number of halogens is 4. The lowest BCUT2D eigenvalue weighted by molar-refractivity contribution is -0.134. The minimum atomic E-state index is -1.68. The number of hydrogen-bond donors (Lipinski definition) is 1. The van der Waals surface area contributed by atoms with Crippen LogP contribution >= 0.6 is 34.8 Å². The van der Waals surface area contributed by atoms with E-state index in [9.17, 15) is 9.18 Å². The Morgan fingerprint density at radius 2 is 1.53 bits per heavy atom. The lowest BCUT2D eigenvalue weighted by atomic mass is 10.1. The summed E-state index contributed by atoms with van der Waals surface area (Å²) in [5.41, 5.74) is 1.17. The number of benzene rings is 1. The second-order valence-corrected chi connectivity index (χ2v) is 4.54. The molecule has 0 unspecified atom stereocenters. The van der Waals surface area contributed by atoms with Gasteiger partial charge >= 0.3 is 5.97 Å². The molecule has 0 heterocycles. The fourth-order valence-corrected chi connectivity index (χ4v) is 2.11. The highest BCUT2D eigenvalue weighted by Gasteiger charge is 2.17. The number of carboxylic acids is 1. The lowest BCUT2D eigenvalue weighted by Crippen LogP contribution is -1.96. The second-order valence-electron chi connectivity index (χ2n) is 3.40. The van der Waals surface area contributed by atoms with E-state index in [0.717, 1.165) is 6.08 Å². The highest BCUT2D eigenvalue weighted by atomic mass is 35.5. The molecule has 1 aromatic carbocycles. The standard InChI is InChI=1S/C11H8Cl3FO2/c1-4-8(12)5(2)10(14)6(9(4)13)3-7(15)11(16)17/h3H,1-2H3,(H,16,17). The molecule has 1 aromatic rings. The molecule has 1 rings (SSSR count). The molecule has 0 aromatic heterocycles. The van der Waals surface area contributed by atoms with Crippen LogP contribution in [0, 0.1) is 13.8 Å². The third kappa shape index (κ3) is 2.73. The van der Waals surface area contributed by atoms with Gasteiger partial charge in [-0.1, -0.05) is 34.8 Å². The van der Waals surface area contributed by atoms with Crippen molar-refractivity contribution in [1.82, 2.24) is 0 Å². The molecule has 17 heavy (non-hydrogen) atoms. The first-order chi connectivity index (χ1) is 7.77. The molecule has 0 amide bonds. The highest BCUT2D eigenvalue weighted by molar-refractivity contribution is 6.42. The Balaban J connectivity index is 3.56. The molecule has 1 N–H and O–H groups in total. The van der Waals surface area contributed by atoms with Crippen LogP contribution in [0.2, 0.25) is 15.1 Å². The van der Waals surface area contributed by atoms with Crippen molar-refractivity contribution >= 4 is 46.8 Å². The summed E-state index contributed by atoms with van der Waals surface area (Å²) in [4.78, 5) is 10.4. The number of aliphatic carboxylic acids is 1. The van der Waals surface area contributed by atoms with Gasteiger partial charge in [0.05, 0.1) is 10.0 Å². The van der Waals surface area contributed by atoms with Crippen molar-refractivity contribution in [3.8, 4) is 0 Å². The molecule has 0 aliphatic heterocycles. The predicted octanol–water partition coefficient (Wildman–Crippen LogP) is 4.66. The Morgan fingerprint density at radius 1 is 1.12 bits per heavy atom. The first kappa shape index (κ1) is 14.3. The number of carboxylic acid groups (broad SMARTS) is 1. The van der Waals surface area contributed by atoms with Gasteiger partial charge in [-0.3, -0.25) is 0 Å². The van der Waals surface area contributed by atoms with Crippen LogP contribution in [-0.2, 0) is 4.79 Å². The van der Waals surface area contributed by atoms with Crippen molar-refractivity contribution in [2.75, 3.05) is 0 Å². The van der Waals surface area contributed by atoms with Gasteiger partial charge in [0.25, 0.3) is 0 Å². The summed E-state index contributed by atoms with van der Waals surface area (Å²) in [5.74, 6) is -3.02. The van der Waals surface area contributed by atoms with E-state index >= 15 is 0 Å². The summed E-state index contributed by atoms with van der Waals surface area (Å²) in [5, 5.41) is 9.13. The molecule has 92 valence electrons. The van der Waals surface area contributed by atoms with E-state index in [4.69, 9.17) is 39.9 Å². The maximum Gasteiger partial charge on any atom is 0.364 e. The molecule has 0 saturated heterocycles. The summed E-state index contributed by atoms with van der Waals surface area (Å²) in [6.45, 7) is 3.29. The van der Waals surface area contributed by atoms with Gasteiger partial charge in [0.2, 0.25) is 5.83 Å². The van der Waals surface area contributed by atoms with Gasteiger partial charge in [-0.05, 0) is 31.1 Å². The second kappa shape index (κ2) is 5.25. The van der Waals surface area contributed by atoms with Crippen molar-refractivity contribution in [2.45, 2.75) is 13.8 Å². The minimum Gasteiger partial charge on any atom is -0.476 e. The zero-order valence-corrected chi connectivity index (χ0v) is 11.2. The monoisotopic (exact) mass is 296 g/mol. The molecule has 0 radical (unpaired) electrons. The van der Waals surface area contributed by atoms with Crippen LogP contribution in [0.4, 0.5) is 4.39 Å². The molecule has 6 heteroatoms. The fourth-order valence-electron chi connectivity index (χ4n) is 1.29. The maximum atomic E-state index is 13.0. The molecule has 0 spiro atoms. The van der Waals surface area contributed by atoms with Crippen LogP contribution < -0.4 is 0 Å². The molecule has 0 atom stereocenters. The molecule has 0 fully saturated rings. The Labute approximate surface area is 113 Å². The molecule has 0 saturated carbocycles. The van der Waals surface area contributed by atoms with E-state index in [1.165, 1.54) is 0 Å². The van der Waals surface area contributed by atoms with E-state index < -0.39 is 11.8 Å².